The molecule has 0 fully saturated rings. The van der Waals surface area contributed by atoms with Crippen LogP contribution >= 0.6 is 33.2 Å². The lowest BCUT2D eigenvalue weighted by Crippen LogP contribution is -1.76. The van der Waals surface area contributed by atoms with Crippen LogP contribution in [-0.2, 0) is 0 Å². The van der Waals surface area contributed by atoms with Crippen molar-refractivity contribution >= 4 is 39.3 Å². The first kappa shape index (κ1) is 12.6. The van der Waals surface area contributed by atoms with Crippen LogP contribution in [0.25, 0.3) is 6.08 Å². The molecule has 86 valence electrons. The van der Waals surface area contributed by atoms with Gasteiger partial charge in [-0.05, 0) is 23.8 Å². The highest BCUT2D eigenvalue weighted by Crippen LogP contribution is 2.41. The van der Waals surface area contributed by atoms with Crippen molar-refractivity contribution in [3.05, 3.63) is 65.7 Å². The van der Waals surface area contributed by atoms with Gasteiger partial charge in [-0.1, -0.05) is 76.2 Å². The van der Waals surface area contributed by atoms with E-state index in [4.69, 9.17) is 11.6 Å². The van der Waals surface area contributed by atoms with E-state index in [9.17, 15) is 0 Å². The monoisotopic (exact) mass is 278 g/mol. The van der Waals surface area contributed by atoms with Gasteiger partial charge in [-0.15, -0.1) is 0 Å². The van der Waals surface area contributed by atoms with Crippen LogP contribution in [0.3, 0.4) is 0 Å². The SMILES string of the molecule is C=Cc1ccccc1SSc1ccccc1Cl. The predicted octanol–water partition coefficient (Wildman–Crippen LogP) is 5.78. The van der Waals surface area contributed by atoms with E-state index in [1.165, 1.54) is 4.90 Å². The first-order chi connectivity index (χ1) is 8.31. The summed E-state index contributed by atoms with van der Waals surface area (Å²) in [5.74, 6) is 0. The van der Waals surface area contributed by atoms with Crippen LogP contribution in [0.15, 0.2) is 64.9 Å². The number of benzene rings is 2. The van der Waals surface area contributed by atoms with Gasteiger partial charge in [0.05, 0.1) is 5.02 Å². The molecule has 0 aliphatic heterocycles. The van der Waals surface area contributed by atoms with Crippen molar-refractivity contribution in [2.75, 3.05) is 0 Å². The Balaban J connectivity index is 2.13. The second-order valence-corrected chi connectivity index (χ2v) is 5.96. The summed E-state index contributed by atoms with van der Waals surface area (Å²) in [6, 6.07) is 16.1. The molecule has 0 unspecified atom stereocenters. The Hall–Kier alpha value is -0.830. The summed E-state index contributed by atoms with van der Waals surface area (Å²) >= 11 is 6.11. The van der Waals surface area contributed by atoms with E-state index >= 15 is 0 Å². The summed E-state index contributed by atoms with van der Waals surface area (Å²) in [7, 11) is 3.37. The molecule has 0 heterocycles. The van der Waals surface area contributed by atoms with Gasteiger partial charge in [-0.25, -0.2) is 0 Å². The van der Waals surface area contributed by atoms with Crippen molar-refractivity contribution in [1.29, 1.82) is 0 Å². The lowest BCUT2D eigenvalue weighted by Gasteiger charge is -2.05. The summed E-state index contributed by atoms with van der Waals surface area (Å²) in [5.41, 5.74) is 1.15. The third kappa shape index (κ3) is 3.32. The lowest BCUT2D eigenvalue weighted by molar-refractivity contribution is 1.43. The summed E-state index contributed by atoms with van der Waals surface area (Å²) in [6.45, 7) is 3.82. The molecule has 0 atom stereocenters. The molecule has 0 saturated carbocycles. The Morgan fingerprint density at radius 1 is 0.882 bits per heavy atom. The molecule has 3 heteroatoms. The molecular formula is C14H11ClS2. The third-order valence-corrected chi connectivity index (χ3v) is 5.14. The normalized spacial score (nSPS) is 10.2. The van der Waals surface area contributed by atoms with E-state index in [1.54, 1.807) is 21.6 Å². The van der Waals surface area contributed by atoms with Crippen molar-refractivity contribution in [3.8, 4) is 0 Å². The van der Waals surface area contributed by atoms with Gasteiger partial charge in [-0.3, -0.25) is 0 Å². The lowest BCUT2D eigenvalue weighted by atomic mass is 10.2. The van der Waals surface area contributed by atoms with E-state index in [0.29, 0.717) is 0 Å². The van der Waals surface area contributed by atoms with Crippen LogP contribution in [-0.4, -0.2) is 0 Å². The molecule has 0 bridgehead atoms. The van der Waals surface area contributed by atoms with Crippen LogP contribution in [0, 0.1) is 0 Å². The first-order valence-electron chi connectivity index (χ1n) is 5.12. The average molecular weight is 279 g/mol. The molecule has 0 aromatic heterocycles. The second-order valence-electron chi connectivity index (χ2n) is 3.34. The Kier molecular flexibility index (Phi) is 4.60. The van der Waals surface area contributed by atoms with Gasteiger partial charge in [0.15, 0.2) is 0 Å². The highest BCUT2D eigenvalue weighted by Gasteiger charge is 2.03. The van der Waals surface area contributed by atoms with E-state index in [2.05, 4.69) is 18.7 Å². The predicted molar refractivity (Wildman–Crippen MR) is 79.7 cm³/mol. The Labute approximate surface area is 114 Å². The fourth-order valence-electron chi connectivity index (χ4n) is 1.33. The minimum Gasteiger partial charge on any atom is -0.0984 e. The van der Waals surface area contributed by atoms with E-state index < -0.39 is 0 Å². The minimum atomic E-state index is 0.793. The maximum Gasteiger partial charge on any atom is 0.0550 e. The number of hydrogen-bond acceptors (Lipinski definition) is 2. The highest BCUT2D eigenvalue weighted by atomic mass is 35.5. The maximum absolute atomic E-state index is 6.11. The zero-order valence-corrected chi connectivity index (χ0v) is 11.5. The quantitative estimate of drug-likeness (QED) is 0.650. The van der Waals surface area contributed by atoms with Crippen LogP contribution in [0.4, 0.5) is 0 Å². The Morgan fingerprint density at radius 3 is 2.18 bits per heavy atom. The molecule has 2 rings (SSSR count). The van der Waals surface area contributed by atoms with Crippen molar-refractivity contribution in [2.45, 2.75) is 9.79 Å². The van der Waals surface area contributed by atoms with Gasteiger partial charge in [-0.2, -0.15) is 0 Å². The molecule has 17 heavy (non-hydrogen) atoms. The average Bonchev–Trinajstić information content (AvgIpc) is 2.38. The molecule has 0 saturated heterocycles. The molecule has 0 spiro atoms. The van der Waals surface area contributed by atoms with Gasteiger partial charge in [0.25, 0.3) is 0 Å². The second kappa shape index (κ2) is 6.20. The molecule has 0 N–H and O–H groups in total. The molecule has 2 aromatic carbocycles. The molecular weight excluding hydrogens is 268 g/mol. The Morgan fingerprint density at radius 2 is 1.47 bits per heavy atom. The topological polar surface area (TPSA) is 0 Å². The molecule has 0 aliphatic rings. The highest BCUT2D eigenvalue weighted by molar-refractivity contribution is 8.76. The summed E-state index contributed by atoms with van der Waals surface area (Å²) in [4.78, 5) is 2.28. The number of rotatable bonds is 4. The summed E-state index contributed by atoms with van der Waals surface area (Å²) in [5, 5.41) is 0.793. The molecule has 0 radical (unpaired) electrons. The summed E-state index contributed by atoms with van der Waals surface area (Å²) in [6.07, 6.45) is 1.87. The van der Waals surface area contributed by atoms with Crippen LogP contribution in [0.1, 0.15) is 5.56 Å². The van der Waals surface area contributed by atoms with Crippen molar-refractivity contribution in [3.63, 3.8) is 0 Å². The van der Waals surface area contributed by atoms with Crippen molar-refractivity contribution in [1.82, 2.24) is 0 Å². The third-order valence-electron chi connectivity index (χ3n) is 2.20. The van der Waals surface area contributed by atoms with Gasteiger partial charge in [0, 0.05) is 9.79 Å². The van der Waals surface area contributed by atoms with Gasteiger partial charge in [0.1, 0.15) is 0 Å². The van der Waals surface area contributed by atoms with Gasteiger partial charge < -0.3 is 0 Å². The minimum absolute atomic E-state index is 0.793. The molecule has 0 aliphatic carbocycles. The van der Waals surface area contributed by atoms with E-state index in [1.807, 2.05) is 42.5 Å². The first-order valence-corrected chi connectivity index (χ1v) is 7.64. The molecule has 2 aromatic rings. The summed E-state index contributed by atoms with van der Waals surface area (Å²) < 4.78 is 0. The van der Waals surface area contributed by atoms with E-state index in [-0.39, 0.29) is 0 Å². The molecule has 0 nitrogen and oxygen atoms in total. The number of hydrogen-bond donors (Lipinski definition) is 0. The standard InChI is InChI=1S/C14H11ClS2/c1-2-11-7-3-5-9-13(11)16-17-14-10-6-4-8-12(14)15/h2-10H,1H2. The number of halogens is 1. The van der Waals surface area contributed by atoms with Crippen molar-refractivity contribution in [2.24, 2.45) is 0 Å². The van der Waals surface area contributed by atoms with Crippen LogP contribution in [0.5, 0.6) is 0 Å². The van der Waals surface area contributed by atoms with Gasteiger partial charge in [0.2, 0.25) is 0 Å². The zero-order valence-electron chi connectivity index (χ0n) is 9.10. The fraction of sp³-hybridized carbons (Fsp3) is 0. The van der Waals surface area contributed by atoms with Crippen molar-refractivity contribution < 1.29 is 0 Å². The van der Waals surface area contributed by atoms with Gasteiger partial charge >= 0.3 is 0 Å². The maximum atomic E-state index is 6.11. The zero-order chi connectivity index (χ0) is 12.1. The molecule has 0 amide bonds. The largest absolute Gasteiger partial charge is 0.0984 e. The fourth-order valence-corrected chi connectivity index (χ4v) is 3.99. The van der Waals surface area contributed by atoms with Crippen LogP contribution < -0.4 is 0 Å². The van der Waals surface area contributed by atoms with Crippen LogP contribution in [0.2, 0.25) is 5.02 Å². The van der Waals surface area contributed by atoms with E-state index in [0.717, 1.165) is 15.5 Å². The smallest absolute Gasteiger partial charge is 0.0550 e. The Bertz CT molecular complexity index is 523.